The smallest absolute Gasteiger partial charge is 0.323 e. The summed E-state index contributed by atoms with van der Waals surface area (Å²) in [4.78, 5) is 18.4. The summed E-state index contributed by atoms with van der Waals surface area (Å²) in [5.74, 6) is 0.751. The van der Waals surface area contributed by atoms with Crippen molar-refractivity contribution in [1.29, 1.82) is 0 Å². The van der Waals surface area contributed by atoms with Crippen LogP contribution in [0.15, 0.2) is 18.2 Å². The number of carbonyl (C=O) groups is 1. The summed E-state index contributed by atoms with van der Waals surface area (Å²) in [6.45, 7) is 2.39. The maximum atomic E-state index is 12.6. The number of piperidine rings is 1. The van der Waals surface area contributed by atoms with Crippen LogP contribution in [0.2, 0.25) is 5.15 Å². The van der Waals surface area contributed by atoms with Gasteiger partial charge in [0.05, 0.1) is 6.61 Å². The Morgan fingerprint density at radius 2 is 2.21 bits per heavy atom. The van der Waals surface area contributed by atoms with Gasteiger partial charge in [0.2, 0.25) is 0 Å². The quantitative estimate of drug-likeness (QED) is 0.747. The molecule has 6 heteroatoms. The molecule has 1 aromatic heterocycles. The van der Waals surface area contributed by atoms with E-state index in [-0.39, 0.29) is 12.0 Å². The molecule has 2 aromatic rings. The normalized spacial score (nSPS) is 30.0. The van der Waals surface area contributed by atoms with E-state index in [1.54, 1.807) is 0 Å². The lowest BCUT2D eigenvalue weighted by Crippen LogP contribution is -2.49. The highest BCUT2D eigenvalue weighted by molar-refractivity contribution is 6.32. The molecule has 0 unspecified atom stereocenters. The number of benzene rings is 1. The Labute approximate surface area is 177 Å². The van der Waals surface area contributed by atoms with Gasteiger partial charge < -0.3 is 19.9 Å². The minimum atomic E-state index is -0.125. The molecular weight excluding hydrogens is 386 g/mol. The third-order valence-corrected chi connectivity index (χ3v) is 7.51. The molecule has 29 heavy (non-hydrogen) atoms. The Bertz CT molecular complexity index is 903. The van der Waals surface area contributed by atoms with Crippen molar-refractivity contribution in [3.63, 3.8) is 0 Å². The highest BCUT2D eigenvalue weighted by atomic mass is 35.5. The van der Waals surface area contributed by atoms with Crippen molar-refractivity contribution in [1.82, 2.24) is 15.2 Å². The molecule has 3 heterocycles. The standard InChI is InChI=1S/C23H30ClN3O2/c1-27-12-14(13-29-23(28)19-7-3-2-4-9-25-19)10-16-15-6-5-8-18-21(15)17(11-20(16)27)22(24)26-18/h5-6,8,14,16,19-20,25-26H,2-4,7,9-13H2,1H3/t14-,16-,19-,20-/m1/s1. The van der Waals surface area contributed by atoms with Crippen molar-refractivity contribution < 1.29 is 9.53 Å². The molecule has 2 aliphatic heterocycles. The van der Waals surface area contributed by atoms with Gasteiger partial charge in [-0.25, -0.2) is 0 Å². The molecule has 2 N–H and O–H groups in total. The van der Waals surface area contributed by atoms with Crippen molar-refractivity contribution in [3.8, 4) is 0 Å². The molecule has 3 aliphatic rings. The number of H-pyrrole nitrogens is 1. The largest absolute Gasteiger partial charge is 0.464 e. The monoisotopic (exact) mass is 415 g/mol. The van der Waals surface area contributed by atoms with Crippen LogP contribution in [0.25, 0.3) is 10.9 Å². The van der Waals surface area contributed by atoms with E-state index in [1.165, 1.54) is 22.9 Å². The molecule has 5 rings (SSSR count). The van der Waals surface area contributed by atoms with Gasteiger partial charge in [-0.3, -0.25) is 4.79 Å². The van der Waals surface area contributed by atoms with Crippen LogP contribution < -0.4 is 5.32 Å². The van der Waals surface area contributed by atoms with E-state index in [1.807, 2.05) is 0 Å². The average Bonchev–Trinajstić information content (AvgIpc) is 2.89. The highest BCUT2D eigenvalue weighted by Gasteiger charge is 2.40. The number of carbonyl (C=O) groups excluding carboxylic acids is 1. The summed E-state index contributed by atoms with van der Waals surface area (Å²) in [7, 11) is 2.20. The summed E-state index contributed by atoms with van der Waals surface area (Å²) in [6, 6.07) is 6.82. The van der Waals surface area contributed by atoms with Crippen LogP contribution in [0.4, 0.5) is 0 Å². The van der Waals surface area contributed by atoms with Crippen LogP contribution in [-0.4, -0.2) is 54.7 Å². The van der Waals surface area contributed by atoms with E-state index in [9.17, 15) is 4.79 Å². The Kier molecular flexibility index (Phi) is 5.31. The Morgan fingerprint density at radius 1 is 1.31 bits per heavy atom. The topological polar surface area (TPSA) is 57.4 Å². The van der Waals surface area contributed by atoms with Gasteiger partial charge in [-0.1, -0.05) is 36.6 Å². The summed E-state index contributed by atoms with van der Waals surface area (Å²) >= 11 is 6.51. The first kappa shape index (κ1) is 19.4. The summed E-state index contributed by atoms with van der Waals surface area (Å²) < 4.78 is 5.80. The van der Waals surface area contributed by atoms with E-state index in [0.717, 1.165) is 55.9 Å². The zero-order valence-corrected chi connectivity index (χ0v) is 17.8. The number of likely N-dealkylation sites (tertiary alicyclic amines) is 1. The third-order valence-electron chi connectivity index (χ3n) is 7.19. The van der Waals surface area contributed by atoms with Crippen LogP contribution in [-0.2, 0) is 16.0 Å². The van der Waals surface area contributed by atoms with Crippen molar-refractivity contribution in [3.05, 3.63) is 34.5 Å². The van der Waals surface area contributed by atoms with Crippen LogP contribution in [0.3, 0.4) is 0 Å². The fraction of sp³-hybridized carbons (Fsp3) is 0.609. The van der Waals surface area contributed by atoms with E-state index < -0.39 is 0 Å². The maximum Gasteiger partial charge on any atom is 0.323 e. The molecular formula is C23H30ClN3O2. The SMILES string of the molecule is CN1C[C@H](COC(=O)[C@H]2CCCCCN2)C[C@@H]2c3cccc4[nH]c(Cl)c(c34)C[C@H]21. The second-order valence-electron chi connectivity index (χ2n) is 9.09. The molecule has 0 amide bonds. The van der Waals surface area contributed by atoms with Crippen LogP contribution in [0.5, 0.6) is 0 Å². The van der Waals surface area contributed by atoms with Crippen molar-refractivity contribution >= 4 is 28.5 Å². The predicted octanol–water partition coefficient (Wildman–Crippen LogP) is 3.86. The molecule has 5 nitrogen and oxygen atoms in total. The molecule has 4 atom stereocenters. The molecule has 1 aromatic carbocycles. The van der Waals surface area contributed by atoms with E-state index >= 15 is 0 Å². The lowest BCUT2D eigenvalue weighted by molar-refractivity contribution is -0.148. The number of aromatic amines is 1. The lowest BCUT2D eigenvalue weighted by atomic mass is 9.72. The number of nitrogens with one attached hydrogen (secondary N) is 2. The van der Waals surface area contributed by atoms with Crippen molar-refractivity contribution in [2.24, 2.45) is 5.92 Å². The van der Waals surface area contributed by atoms with Crippen molar-refractivity contribution in [2.75, 3.05) is 26.7 Å². The molecule has 2 fully saturated rings. The average molecular weight is 416 g/mol. The Hall–Kier alpha value is -1.56. The predicted molar refractivity (Wildman–Crippen MR) is 115 cm³/mol. The number of likely N-dealkylation sites (N-methyl/N-ethyl adjacent to an activating group) is 1. The zero-order chi connectivity index (χ0) is 20.0. The van der Waals surface area contributed by atoms with Crippen LogP contribution in [0, 0.1) is 5.92 Å². The van der Waals surface area contributed by atoms with E-state index in [0.29, 0.717) is 24.5 Å². The number of fused-ring (bicyclic) bond motifs is 2. The number of nitrogens with zero attached hydrogens (tertiary/aromatic N) is 1. The van der Waals surface area contributed by atoms with Gasteiger partial charge in [0.25, 0.3) is 0 Å². The van der Waals surface area contributed by atoms with Crippen LogP contribution in [0.1, 0.15) is 49.1 Å². The molecule has 156 valence electrons. The second kappa shape index (κ2) is 7.93. The van der Waals surface area contributed by atoms with Gasteiger partial charge in [0.15, 0.2) is 0 Å². The molecule has 0 saturated carbocycles. The lowest BCUT2D eigenvalue weighted by Gasteiger charge is -2.45. The summed E-state index contributed by atoms with van der Waals surface area (Å²) in [5, 5.41) is 5.44. The van der Waals surface area contributed by atoms with E-state index in [2.05, 4.69) is 40.4 Å². The number of aromatic nitrogens is 1. The van der Waals surface area contributed by atoms with Gasteiger partial charge in [0, 0.05) is 35.3 Å². The maximum absolute atomic E-state index is 12.6. The van der Waals surface area contributed by atoms with E-state index in [4.69, 9.17) is 16.3 Å². The number of ether oxygens (including phenoxy) is 1. The van der Waals surface area contributed by atoms with Crippen molar-refractivity contribution in [2.45, 2.75) is 56.5 Å². The molecule has 0 bridgehead atoms. The van der Waals surface area contributed by atoms with Gasteiger partial charge in [0.1, 0.15) is 11.2 Å². The third kappa shape index (κ3) is 3.58. The van der Waals surface area contributed by atoms with Gasteiger partial charge in [-0.05, 0) is 56.5 Å². The molecule has 2 saturated heterocycles. The number of hydrogen-bond donors (Lipinski definition) is 2. The first-order valence-corrected chi connectivity index (χ1v) is 11.4. The number of rotatable bonds is 3. The number of hydrogen-bond acceptors (Lipinski definition) is 4. The Balaban J connectivity index is 1.31. The highest BCUT2D eigenvalue weighted by Crippen LogP contribution is 2.46. The Morgan fingerprint density at radius 3 is 3.10 bits per heavy atom. The first-order valence-electron chi connectivity index (χ1n) is 11.0. The second-order valence-corrected chi connectivity index (χ2v) is 9.47. The fourth-order valence-corrected chi connectivity index (χ4v) is 6.02. The summed E-state index contributed by atoms with van der Waals surface area (Å²) in [6.07, 6.45) is 6.39. The molecule has 0 spiro atoms. The number of halogens is 1. The van der Waals surface area contributed by atoms with Gasteiger partial charge >= 0.3 is 5.97 Å². The summed E-state index contributed by atoms with van der Waals surface area (Å²) in [5.41, 5.74) is 3.79. The fourth-order valence-electron chi connectivity index (χ4n) is 5.75. The molecule has 0 radical (unpaired) electrons. The zero-order valence-electron chi connectivity index (χ0n) is 17.0. The minimum absolute atomic E-state index is 0.0675. The minimum Gasteiger partial charge on any atom is -0.464 e. The van der Waals surface area contributed by atoms with Gasteiger partial charge in [-0.2, -0.15) is 0 Å². The van der Waals surface area contributed by atoms with Crippen LogP contribution >= 0.6 is 11.6 Å². The number of esters is 1. The van der Waals surface area contributed by atoms with Gasteiger partial charge in [-0.15, -0.1) is 0 Å². The molecule has 1 aliphatic carbocycles. The first-order chi connectivity index (χ1) is 14.1.